The van der Waals surface area contributed by atoms with Gasteiger partial charge in [0.25, 0.3) is 5.91 Å². The van der Waals surface area contributed by atoms with Gasteiger partial charge < -0.3 is 10.1 Å². The summed E-state index contributed by atoms with van der Waals surface area (Å²) in [6.07, 6.45) is 2.17. The van der Waals surface area contributed by atoms with Crippen LogP contribution in [0.15, 0.2) is 91.1 Å². The summed E-state index contributed by atoms with van der Waals surface area (Å²) in [6, 6.07) is 27.4. The van der Waals surface area contributed by atoms with Crippen molar-refractivity contribution in [2.45, 2.75) is 39.5 Å². The van der Waals surface area contributed by atoms with Crippen LogP contribution in [0, 0.1) is 13.8 Å². The van der Waals surface area contributed by atoms with E-state index in [4.69, 9.17) is 4.74 Å². The van der Waals surface area contributed by atoms with E-state index in [9.17, 15) is 14.4 Å². The van der Waals surface area contributed by atoms with Gasteiger partial charge in [-0.15, -0.1) is 0 Å². The van der Waals surface area contributed by atoms with Gasteiger partial charge in [0, 0.05) is 41.9 Å². The van der Waals surface area contributed by atoms with Gasteiger partial charge in [-0.25, -0.2) is 0 Å². The second kappa shape index (κ2) is 13.5. The lowest BCUT2D eigenvalue weighted by molar-refractivity contribution is -0.142. The van der Waals surface area contributed by atoms with Crippen LogP contribution >= 0.6 is 0 Å². The molecule has 6 nitrogen and oxygen atoms in total. The Morgan fingerprint density at radius 1 is 0.850 bits per heavy atom. The first-order valence-corrected chi connectivity index (χ1v) is 13.5. The van der Waals surface area contributed by atoms with Gasteiger partial charge in [-0.05, 0) is 72.9 Å². The van der Waals surface area contributed by atoms with Gasteiger partial charge in [0.05, 0.1) is 13.0 Å². The summed E-state index contributed by atoms with van der Waals surface area (Å²) in [6.45, 7) is 6.27. The van der Waals surface area contributed by atoms with Gasteiger partial charge in [-0.2, -0.15) is 0 Å². The smallest absolute Gasteiger partial charge is 0.307 e. The number of aromatic nitrogens is 1. The summed E-state index contributed by atoms with van der Waals surface area (Å²) in [4.78, 5) is 41.4. The number of pyridine rings is 1. The summed E-state index contributed by atoms with van der Waals surface area (Å²) < 4.78 is 4.88. The molecule has 0 saturated carbocycles. The van der Waals surface area contributed by atoms with Crippen molar-refractivity contribution < 1.29 is 19.1 Å². The Balaban J connectivity index is 1.50. The number of carbonyl (C=O) groups is 3. The predicted octanol–water partition coefficient (Wildman–Crippen LogP) is 6.45. The van der Waals surface area contributed by atoms with Crippen LogP contribution in [-0.4, -0.2) is 35.8 Å². The Morgan fingerprint density at radius 3 is 2.17 bits per heavy atom. The van der Waals surface area contributed by atoms with Crippen LogP contribution in [0.3, 0.4) is 0 Å². The number of aryl methyl sites for hydroxylation is 2. The van der Waals surface area contributed by atoms with Gasteiger partial charge in [0.1, 0.15) is 0 Å². The molecule has 40 heavy (non-hydrogen) atoms. The quantitative estimate of drug-likeness (QED) is 0.176. The number of Topliss-reactive ketones (excluding diaryl/α,β-unsaturated/α-hetero) is 1. The van der Waals surface area contributed by atoms with E-state index in [1.54, 1.807) is 31.3 Å². The van der Waals surface area contributed by atoms with Crippen LogP contribution < -0.4 is 5.32 Å². The Labute approximate surface area is 235 Å². The molecule has 1 N–H and O–H groups in total. The maximum Gasteiger partial charge on any atom is 0.307 e. The minimum absolute atomic E-state index is 0.0824. The lowest BCUT2D eigenvalue weighted by atomic mass is 9.83. The van der Waals surface area contributed by atoms with Crippen molar-refractivity contribution in [3.8, 4) is 11.1 Å². The van der Waals surface area contributed by atoms with Gasteiger partial charge in [0.2, 0.25) is 0 Å². The number of hydrogen-bond donors (Lipinski definition) is 1. The lowest BCUT2D eigenvalue weighted by Crippen LogP contribution is -2.26. The molecule has 0 radical (unpaired) electrons. The third-order valence-electron chi connectivity index (χ3n) is 6.89. The summed E-state index contributed by atoms with van der Waals surface area (Å²) in [5, 5.41) is 2.75. The molecule has 204 valence electrons. The van der Waals surface area contributed by atoms with Crippen LogP contribution in [-0.2, 0) is 9.53 Å². The minimum atomic E-state index is -0.330. The Bertz CT molecular complexity index is 1480. The lowest BCUT2D eigenvalue weighted by Gasteiger charge is -2.20. The molecule has 0 aliphatic carbocycles. The second-order valence-electron chi connectivity index (χ2n) is 9.73. The number of amides is 1. The normalized spacial score (nSPS) is 11.5. The number of carbonyl (C=O) groups excluding carboxylic acids is 3. The van der Waals surface area contributed by atoms with Gasteiger partial charge in [0.15, 0.2) is 5.78 Å². The van der Waals surface area contributed by atoms with Crippen LogP contribution in [0.25, 0.3) is 11.1 Å². The fourth-order valence-corrected chi connectivity index (χ4v) is 4.74. The fourth-order valence-electron chi connectivity index (χ4n) is 4.74. The molecule has 4 aromatic rings. The van der Waals surface area contributed by atoms with Crippen LogP contribution in [0.2, 0.25) is 0 Å². The standard InChI is InChI=1S/C34H34N2O4/c1-4-40-33(38)18-20-36-34(39)28-15-11-26(12-16-28)25-9-13-27(14-10-25)31(30-8-6-5-7-23(30)2)22-32(37)29-17-19-35-24(3)21-29/h5-17,19,21,31H,4,18,20,22H2,1-3H3,(H,36,39). The topological polar surface area (TPSA) is 85.4 Å². The zero-order chi connectivity index (χ0) is 28.5. The van der Waals surface area contributed by atoms with E-state index in [1.807, 2.05) is 37.3 Å². The molecule has 4 rings (SSSR count). The second-order valence-corrected chi connectivity index (χ2v) is 9.73. The van der Waals surface area contributed by atoms with Crippen molar-refractivity contribution in [2.75, 3.05) is 13.2 Å². The Morgan fingerprint density at radius 2 is 1.52 bits per heavy atom. The number of ketones is 1. The molecule has 6 heteroatoms. The first-order valence-electron chi connectivity index (χ1n) is 13.5. The van der Waals surface area contributed by atoms with E-state index in [-0.39, 0.29) is 36.5 Å². The Kier molecular flexibility index (Phi) is 9.57. The molecule has 1 aromatic heterocycles. The average molecular weight is 535 g/mol. The minimum Gasteiger partial charge on any atom is -0.466 e. The molecular weight excluding hydrogens is 500 g/mol. The SMILES string of the molecule is CCOC(=O)CCNC(=O)c1ccc(-c2ccc(C(CC(=O)c3ccnc(C)c3)c3ccccc3C)cc2)cc1. The third kappa shape index (κ3) is 7.29. The highest BCUT2D eigenvalue weighted by Crippen LogP contribution is 2.33. The summed E-state index contributed by atoms with van der Waals surface area (Å²) in [5.41, 5.74) is 7.35. The number of ether oxygens (including phenoxy) is 1. The summed E-state index contributed by atoms with van der Waals surface area (Å²) >= 11 is 0. The van der Waals surface area contributed by atoms with Gasteiger partial charge in [-0.3, -0.25) is 19.4 Å². The number of benzene rings is 3. The van der Waals surface area contributed by atoms with E-state index >= 15 is 0 Å². The monoisotopic (exact) mass is 534 g/mol. The van der Waals surface area contributed by atoms with E-state index in [1.165, 1.54) is 0 Å². The molecule has 0 fully saturated rings. The molecular formula is C34H34N2O4. The largest absolute Gasteiger partial charge is 0.466 e. The van der Waals surface area contributed by atoms with Gasteiger partial charge in [-0.1, -0.05) is 60.7 Å². The highest BCUT2D eigenvalue weighted by atomic mass is 16.5. The summed E-state index contributed by atoms with van der Waals surface area (Å²) in [7, 11) is 0. The van der Waals surface area contributed by atoms with E-state index in [0.717, 1.165) is 33.5 Å². The molecule has 1 heterocycles. The molecule has 3 aromatic carbocycles. The highest BCUT2D eigenvalue weighted by Gasteiger charge is 2.21. The molecule has 1 unspecified atom stereocenters. The fraction of sp³-hybridized carbons (Fsp3) is 0.235. The molecule has 0 saturated heterocycles. The Hall–Kier alpha value is -4.58. The number of esters is 1. The van der Waals surface area contributed by atoms with Crippen molar-refractivity contribution in [1.82, 2.24) is 10.3 Å². The number of rotatable bonds is 11. The number of nitrogens with zero attached hydrogens (tertiary/aromatic N) is 1. The number of nitrogens with one attached hydrogen (secondary N) is 1. The van der Waals surface area contributed by atoms with E-state index < -0.39 is 0 Å². The van der Waals surface area contributed by atoms with E-state index in [0.29, 0.717) is 24.2 Å². The van der Waals surface area contributed by atoms with Crippen molar-refractivity contribution >= 4 is 17.7 Å². The zero-order valence-corrected chi connectivity index (χ0v) is 23.1. The molecule has 0 aliphatic rings. The maximum atomic E-state index is 13.3. The van der Waals surface area contributed by atoms with Crippen LogP contribution in [0.5, 0.6) is 0 Å². The first kappa shape index (κ1) is 28.4. The van der Waals surface area contributed by atoms with Crippen molar-refractivity contribution in [1.29, 1.82) is 0 Å². The van der Waals surface area contributed by atoms with Crippen molar-refractivity contribution in [3.63, 3.8) is 0 Å². The van der Waals surface area contributed by atoms with Crippen LogP contribution in [0.4, 0.5) is 0 Å². The van der Waals surface area contributed by atoms with Gasteiger partial charge >= 0.3 is 5.97 Å². The molecule has 1 amide bonds. The molecule has 0 aliphatic heterocycles. The highest BCUT2D eigenvalue weighted by molar-refractivity contribution is 5.97. The predicted molar refractivity (Wildman–Crippen MR) is 156 cm³/mol. The molecule has 0 bridgehead atoms. The molecule has 0 spiro atoms. The third-order valence-corrected chi connectivity index (χ3v) is 6.89. The summed E-state index contributed by atoms with van der Waals surface area (Å²) in [5.74, 6) is -0.569. The first-order chi connectivity index (χ1) is 19.4. The van der Waals surface area contributed by atoms with Crippen LogP contribution in [0.1, 0.15) is 68.8 Å². The van der Waals surface area contributed by atoms with Crippen molar-refractivity contribution in [2.24, 2.45) is 0 Å². The maximum absolute atomic E-state index is 13.3. The molecule has 1 atom stereocenters. The average Bonchev–Trinajstić information content (AvgIpc) is 2.96. The zero-order valence-electron chi connectivity index (χ0n) is 23.1. The van der Waals surface area contributed by atoms with Crippen molar-refractivity contribution in [3.05, 3.63) is 125 Å². The number of hydrogen-bond acceptors (Lipinski definition) is 5. The van der Waals surface area contributed by atoms with E-state index in [2.05, 4.69) is 53.6 Å².